The third-order valence-electron chi connectivity index (χ3n) is 6.17. The van der Waals surface area contributed by atoms with Crippen molar-refractivity contribution in [2.75, 3.05) is 19.6 Å². The van der Waals surface area contributed by atoms with E-state index in [0.29, 0.717) is 6.04 Å². The monoisotopic (exact) mass is 378 g/mol. The Morgan fingerprint density at radius 3 is 3.00 bits per heavy atom. The Labute approximate surface area is 164 Å². The lowest BCUT2D eigenvalue weighted by molar-refractivity contribution is -0.128. The lowest BCUT2D eigenvalue weighted by Crippen LogP contribution is -2.32. The van der Waals surface area contributed by atoms with Gasteiger partial charge in [-0.3, -0.25) is 9.69 Å². The summed E-state index contributed by atoms with van der Waals surface area (Å²) in [7, 11) is 0. The van der Waals surface area contributed by atoms with Crippen LogP contribution >= 0.6 is 0 Å². The minimum Gasteiger partial charge on any atom is -0.361 e. The number of nitrogens with one attached hydrogen (secondary N) is 1. The van der Waals surface area contributed by atoms with Crippen molar-refractivity contribution in [1.29, 1.82) is 0 Å². The number of amides is 1. The van der Waals surface area contributed by atoms with Gasteiger partial charge in [0.15, 0.2) is 0 Å². The van der Waals surface area contributed by atoms with Crippen LogP contribution in [0.25, 0.3) is 10.9 Å². The fourth-order valence-electron chi connectivity index (χ4n) is 4.65. The Kier molecular flexibility index (Phi) is 4.39. The molecule has 4 heterocycles. The molecular formula is C21H26N6O. The summed E-state index contributed by atoms with van der Waals surface area (Å²) < 4.78 is 2.27. The van der Waals surface area contributed by atoms with Crippen LogP contribution in [0.3, 0.4) is 0 Å². The Morgan fingerprint density at radius 2 is 2.11 bits per heavy atom. The number of benzene rings is 1. The largest absolute Gasteiger partial charge is 0.361 e. The normalized spacial score (nSPS) is 20.5. The number of aromatic nitrogens is 4. The van der Waals surface area contributed by atoms with Crippen LogP contribution in [0.15, 0.2) is 30.5 Å². The van der Waals surface area contributed by atoms with Crippen LogP contribution in [0.4, 0.5) is 0 Å². The van der Waals surface area contributed by atoms with Crippen LogP contribution in [0.5, 0.6) is 0 Å². The number of aromatic amines is 1. The van der Waals surface area contributed by atoms with Crippen molar-refractivity contribution < 1.29 is 4.79 Å². The Bertz CT molecular complexity index is 1010. The summed E-state index contributed by atoms with van der Waals surface area (Å²) in [5, 5.41) is 10.3. The average molecular weight is 378 g/mol. The zero-order valence-corrected chi connectivity index (χ0v) is 16.3. The van der Waals surface area contributed by atoms with Gasteiger partial charge in [-0.1, -0.05) is 6.07 Å². The van der Waals surface area contributed by atoms with Crippen molar-refractivity contribution in [3.8, 4) is 0 Å². The minimum atomic E-state index is 0.142. The molecule has 28 heavy (non-hydrogen) atoms. The van der Waals surface area contributed by atoms with Crippen molar-refractivity contribution in [2.45, 2.75) is 45.3 Å². The number of hydrogen-bond acceptors (Lipinski definition) is 4. The third-order valence-corrected chi connectivity index (χ3v) is 6.17. The first-order valence-corrected chi connectivity index (χ1v) is 10.2. The number of carbonyl (C=O) groups excluding carboxylic acids is 1. The quantitative estimate of drug-likeness (QED) is 0.760. The molecule has 1 unspecified atom stereocenters. The molecule has 0 bridgehead atoms. The standard InChI is InChI=1S/C21H26N6O/c1-15(28)25-10-7-20-23-24-21(27(20)12-11-25)19-3-2-9-26(19)14-16-4-5-18-17(13-16)6-8-22-18/h4-6,8,13,19,22H,2-3,7,9-12,14H2,1H3. The van der Waals surface area contributed by atoms with Gasteiger partial charge in [0.05, 0.1) is 6.04 Å². The van der Waals surface area contributed by atoms with Gasteiger partial charge < -0.3 is 14.5 Å². The molecule has 7 nitrogen and oxygen atoms in total. The van der Waals surface area contributed by atoms with Crippen LogP contribution < -0.4 is 0 Å². The molecule has 3 aromatic rings. The summed E-state index contributed by atoms with van der Waals surface area (Å²) in [4.78, 5) is 19.5. The Morgan fingerprint density at radius 1 is 1.18 bits per heavy atom. The molecule has 5 rings (SSSR count). The van der Waals surface area contributed by atoms with Gasteiger partial charge in [-0.15, -0.1) is 10.2 Å². The number of nitrogens with zero attached hydrogens (tertiary/aromatic N) is 5. The molecule has 1 amide bonds. The third kappa shape index (κ3) is 3.09. The topological polar surface area (TPSA) is 70.1 Å². The Hall–Kier alpha value is -2.67. The van der Waals surface area contributed by atoms with E-state index in [4.69, 9.17) is 0 Å². The van der Waals surface area contributed by atoms with Crippen LogP contribution in [-0.4, -0.2) is 55.1 Å². The molecule has 7 heteroatoms. The highest BCUT2D eigenvalue weighted by Crippen LogP contribution is 2.33. The lowest BCUT2D eigenvalue weighted by atomic mass is 10.1. The fourth-order valence-corrected chi connectivity index (χ4v) is 4.65. The van der Waals surface area contributed by atoms with Gasteiger partial charge >= 0.3 is 0 Å². The summed E-state index contributed by atoms with van der Waals surface area (Å²) >= 11 is 0. The fraction of sp³-hybridized carbons (Fsp3) is 0.476. The maximum Gasteiger partial charge on any atom is 0.219 e. The van der Waals surface area contributed by atoms with Gasteiger partial charge in [-0.2, -0.15) is 0 Å². The van der Waals surface area contributed by atoms with E-state index in [9.17, 15) is 4.79 Å². The average Bonchev–Trinajstić information content (AvgIpc) is 3.38. The number of rotatable bonds is 3. The van der Waals surface area contributed by atoms with Crippen molar-refractivity contribution >= 4 is 16.8 Å². The van der Waals surface area contributed by atoms with Crippen LogP contribution in [-0.2, 0) is 24.3 Å². The van der Waals surface area contributed by atoms with Gasteiger partial charge in [-0.25, -0.2) is 0 Å². The van der Waals surface area contributed by atoms with Crippen LogP contribution in [0, 0.1) is 0 Å². The van der Waals surface area contributed by atoms with Crippen molar-refractivity contribution in [3.63, 3.8) is 0 Å². The molecule has 0 spiro atoms. The number of hydrogen-bond donors (Lipinski definition) is 1. The molecule has 146 valence electrons. The van der Waals surface area contributed by atoms with E-state index in [1.807, 2.05) is 11.1 Å². The summed E-state index contributed by atoms with van der Waals surface area (Å²) in [5.41, 5.74) is 2.51. The van der Waals surface area contributed by atoms with E-state index in [2.05, 4.69) is 48.9 Å². The number of fused-ring (bicyclic) bond motifs is 2. The molecule has 1 N–H and O–H groups in total. The minimum absolute atomic E-state index is 0.142. The lowest BCUT2D eigenvalue weighted by Gasteiger charge is -2.25. The van der Waals surface area contributed by atoms with Crippen LogP contribution in [0.1, 0.15) is 43.0 Å². The van der Waals surface area contributed by atoms with E-state index in [0.717, 1.165) is 57.2 Å². The number of carbonyl (C=O) groups is 1. The highest BCUT2D eigenvalue weighted by molar-refractivity contribution is 5.79. The van der Waals surface area contributed by atoms with E-state index >= 15 is 0 Å². The number of likely N-dealkylation sites (tertiary alicyclic amines) is 1. The molecule has 1 atom stereocenters. The highest BCUT2D eigenvalue weighted by Gasteiger charge is 2.32. The van der Waals surface area contributed by atoms with E-state index in [1.54, 1.807) is 6.92 Å². The zero-order valence-electron chi connectivity index (χ0n) is 16.3. The highest BCUT2D eigenvalue weighted by atomic mass is 16.2. The van der Waals surface area contributed by atoms with Gasteiger partial charge in [0.1, 0.15) is 11.6 Å². The van der Waals surface area contributed by atoms with Gasteiger partial charge in [-0.05, 0) is 48.5 Å². The van der Waals surface area contributed by atoms with E-state index < -0.39 is 0 Å². The number of H-pyrrole nitrogens is 1. The molecule has 1 fully saturated rings. The zero-order chi connectivity index (χ0) is 19.1. The predicted molar refractivity (Wildman–Crippen MR) is 107 cm³/mol. The first-order valence-electron chi connectivity index (χ1n) is 10.2. The smallest absolute Gasteiger partial charge is 0.219 e. The van der Waals surface area contributed by atoms with Crippen molar-refractivity contribution in [1.82, 2.24) is 29.5 Å². The SMILES string of the molecule is CC(=O)N1CCc2nnc(C3CCCN3Cc3ccc4[nH]ccc4c3)n2CC1. The molecule has 1 saturated heterocycles. The molecule has 1 aromatic carbocycles. The molecule has 2 aliphatic rings. The second-order valence-electron chi connectivity index (χ2n) is 7.91. The second kappa shape index (κ2) is 7.05. The predicted octanol–water partition coefficient (Wildman–Crippen LogP) is 2.50. The molecule has 0 saturated carbocycles. The molecule has 2 aliphatic heterocycles. The first-order chi connectivity index (χ1) is 13.7. The van der Waals surface area contributed by atoms with E-state index in [1.165, 1.54) is 22.9 Å². The maximum absolute atomic E-state index is 11.8. The molecular weight excluding hydrogens is 352 g/mol. The first kappa shape index (κ1) is 17.4. The summed E-state index contributed by atoms with van der Waals surface area (Å²) in [5.74, 6) is 2.22. The van der Waals surface area contributed by atoms with Gasteiger partial charge in [0.2, 0.25) is 5.91 Å². The van der Waals surface area contributed by atoms with Gasteiger partial charge in [0, 0.05) is 51.2 Å². The molecule has 2 aromatic heterocycles. The van der Waals surface area contributed by atoms with Crippen molar-refractivity contribution in [3.05, 3.63) is 47.7 Å². The molecule has 0 aliphatic carbocycles. The van der Waals surface area contributed by atoms with Crippen LogP contribution in [0.2, 0.25) is 0 Å². The maximum atomic E-state index is 11.8. The summed E-state index contributed by atoms with van der Waals surface area (Å²) in [6.45, 7) is 5.91. The van der Waals surface area contributed by atoms with E-state index in [-0.39, 0.29) is 5.91 Å². The van der Waals surface area contributed by atoms with Crippen molar-refractivity contribution in [2.24, 2.45) is 0 Å². The summed E-state index contributed by atoms with van der Waals surface area (Å²) in [6.07, 6.45) is 5.06. The Balaban J connectivity index is 1.37. The van der Waals surface area contributed by atoms with Gasteiger partial charge in [0.25, 0.3) is 0 Å². The molecule has 0 radical (unpaired) electrons. The second-order valence-corrected chi connectivity index (χ2v) is 7.91. The summed E-state index contributed by atoms with van der Waals surface area (Å²) in [6, 6.07) is 9.07.